The third kappa shape index (κ3) is 2.21. The van der Waals surface area contributed by atoms with E-state index in [4.69, 9.17) is 4.74 Å². The quantitative estimate of drug-likeness (QED) is 0.827. The van der Waals surface area contributed by atoms with E-state index in [0.29, 0.717) is 17.6 Å². The second-order valence-corrected chi connectivity index (χ2v) is 5.46. The summed E-state index contributed by atoms with van der Waals surface area (Å²) < 4.78 is 4.77. The molecule has 4 heteroatoms. The highest BCUT2D eigenvalue weighted by Crippen LogP contribution is 2.39. The van der Waals surface area contributed by atoms with Gasteiger partial charge in [-0.3, -0.25) is 0 Å². The first kappa shape index (κ1) is 12.5. The van der Waals surface area contributed by atoms with E-state index < -0.39 is 0 Å². The smallest absolute Gasteiger partial charge is 0.337 e. The van der Waals surface area contributed by atoms with E-state index in [1.807, 2.05) is 18.2 Å². The number of carbonyl (C=O) groups excluding carboxylic acids is 1. The molecule has 2 heterocycles. The van der Waals surface area contributed by atoms with Crippen LogP contribution < -0.4 is 4.90 Å². The Hall–Kier alpha value is -1.55. The fraction of sp³-hybridized carbons (Fsp3) is 0.533. The van der Waals surface area contributed by atoms with Gasteiger partial charge in [0.2, 0.25) is 0 Å². The fourth-order valence-corrected chi connectivity index (χ4v) is 3.48. The molecule has 1 N–H and O–H groups in total. The predicted octanol–water partition coefficient (Wildman–Crippen LogP) is 1.97. The Morgan fingerprint density at radius 2 is 2.00 bits per heavy atom. The molecule has 0 aromatic heterocycles. The van der Waals surface area contributed by atoms with Gasteiger partial charge >= 0.3 is 5.97 Å². The van der Waals surface area contributed by atoms with E-state index in [-0.39, 0.29) is 12.1 Å². The Bertz CT molecular complexity index is 474. The molecule has 0 saturated carbocycles. The first-order valence-corrected chi connectivity index (χ1v) is 6.84. The molecule has 2 atom stereocenters. The lowest BCUT2D eigenvalue weighted by molar-refractivity contribution is 0.0600. The van der Waals surface area contributed by atoms with Crippen LogP contribution in [-0.2, 0) is 4.74 Å². The molecule has 2 aliphatic heterocycles. The van der Waals surface area contributed by atoms with Gasteiger partial charge in [-0.1, -0.05) is 6.07 Å². The molecule has 0 amide bonds. The van der Waals surface area contributed by atoms with Crippen LogP contribution in [0.5, 0.6) is 0 Å². The summed E-state index contributed by atoms with van der Waals surface area (Å²) in [5.41, 5.74) is 1.66. The number of esters is 1. The average molecular weight is 261 g/mol. The van der Waals surface area contributed by atoms with E-state index in [1.54, 1.807) is 6.07 Å². The van der Waals surface area contributed by atoms with Gasteiger partial charge < -0.3 is 14.7 Å². The number of rotatable bonds is 2. The molecule has 0 spiro atoms. The highest BCUT2D eigenvalue weighted by atomic mass is 16.5. The second-order valence-electron chi connectivity index (χ2n) is 5.46. The maximum Gasteiger partial charge on any atom is 0.337 e. The maximum absolute atomic E-state index is 11.6. The van der Waals surface area contributed by atoms with E-state index in [9.17, 15) is 9.90 Å². The zero-order valence-corrected chi connectivity index (χ0v) is 11.1. The van der Waals surface area contributed by atoms with Crippen LogP contribution in [0.4, 0.5) is 5.69 Å². The van der Waals surface area contributed by atoms with Gasteiger partial charge in [0.05, 0.1) is 18.8 Å². The molecule has 2 fully saturated rings. The minimum atomic E-state index is -0.300. The highest BCUT2D eigenvalue weighted by molar-refractivity contribution is 5.90. The minimum Gasteiger partial charge on any atom is -0.465 e. The summed E-state index contributed by atoms with van der Waals surface area (Å²) in [6.07, 6.45) is 3.75. The molecular formula is C15H19NO3. The molecule has 0 aliphatic carbocycles. The summed E-state index contributed by atoms with van der Waals surface area (Å²) in [6, 6.07) is 8.41. The summed E-state index contributed by atoms with van der Waals surface area (Å²) in [5.74, 6) is -0.300. The SMILES string of the molecule is COC(=O)c1cccc(N2C3CCC2CC(O)C3)c1. The van der Waals surface area contributed by atoms with Crippen LogP contribution >= 0.6 is 0 Å². The van der Waals surface area contributed by atoms with Crippen molar-refractivity contribution >= 4 is 11.7 Å². The number of carbonyl (C=O) groups is 1. The van der Waals surface area contributed by atoms with Crippen LogP contribution in [0.2, 0.25) is 0 Å². The molecule has 2 saturated heterocycles. The van der Waals surface area contributed by atoms with Crippen molar-refractivity contribution in [3.8, 4) is 0 Å². The number of hydrogen-bond acceptors (Lipinski definition) is 4. The van der Waals surface area contributed by atoms with E-state index >= 15 is 0 Å². The van der Waals surface area contributed by atoms with E-state index in [1.165, 1.54) is 7.11 Å². The van der Waals surface area contributed by atoms with Crippen LogP contribution in [0.25, 0.3) is 0 Å². The van der Waals surface area contributed by atoms with Crippen molar-refractivity contribution in [3.63, 3.8) is 0 Å². The molecule has 2 bridgehead atoms. The summed E-state index contributed by atoms with van der Waals surface area (Å²) in [7, 11) is 1.40. The molecule has 1 aromatic carbocycles. The number of nitrogens with zero attached hydrogens (tertiary/aromatic N) is 1. The van der Waals surface area contributed by atoms with E-state index in [0.717, 1.165) is 31.4 Å². The Balaban J connectivity index is 1.89. The number of methoxy groups -OCH3 is 1. The normalized spacial score (nSPS) is 29.4. The molecule has 2 aliphatic rings. The lowest BCUT2D eigenvalue weighted by Crippen LogP contribution is -2.44. The van der Waals surface area contributed by atoms with Crippen molar-refractivity contribution in [3.05, 3.63) is 29.8 Å². The van der Waals surface area contributed by atoms with Crippen LogP contribution in [0.3, 0.4) is 0 Å². The third-order valence-electron chi connectivity index (χ3n) is 4.27. The van der Waals surface area contributed by atoms with Crippen LogP contribution in [0.15, 0.2) is 24.3 Å². The van der Waals surface area contributed by atoms with Gasteiger partial charge in [-0.25, -0.2) is 4.79 Å². The number of aliphatic hydroxyl groups excluding tert-OH is 1. The Morgan fingerprint density at radius 3 is 2.63 bits per heavy atom. The largest absolute Gasteiger partial charge is 0.465 e. The van der Waals surface area contributed by atoms with Crippen molar-refractivity contribution in [2.75, 3.05) is 12.0 Å². The number of aliphatic hydroxyl groups is 1. The van der Waals surface area contributed by atoms with E-state index in [2.05, 4.69) is 4.90 Å². The molecule has 1 aromatic rings. The highest BCUT2D eigenvalue weighted by Gasteiger charge is 2.40. The lowest BCUT2D eigenvalue weighted by atomic mass is 9.98. The second kappa shape index (κ2) is 4.85. The molecule has 2 unspecified atom stereocenters. The zero-order valence-electron chi connectivity index (χ0n) is 11.1. The molecular weight excluding hydrogens is 242 g/mol. The van der Waals surface area contributed by atoms with Crippen LogP contribution in [-0.4, -0.2) is 36.4 Å². The zero-order chi connectivity index (χ0) is 13.4. The number of anilines is 1. The summed E-state index contributed by atoms with van der Waals surface area (Å²) in [5, 5.41) is 9.83. The molecule has 102 valence electrons. The fourth-order valence-electron chi connectivity index (χ4n) is 3.48. The Labute approximate surface area is 113 Å². The first-order valence-electron chi connectivity index (χ1n) is 6.84. The average Bonchev–Trinajstić information content (AvgIpc) is 2.70. The van der Waals surface area contributed by atoms with Crippen LogP contribution in [0.1, 0.15) is 36.0 Å². The summed E-state index contributed by atoms with van der Waals surface area (Å²) >= 11 is 0. The van der Waals surface area contributed by atoms with Crippen molar-refractivity contribution in [1.29, 1.82) is 0 Å². The topological polar surface area (TPSA) is 49.8 Å². The van der Waals surface area contributed by atoms with Gasteiger partial charge in [0.15, 0.2) is 0 Å². The number of hydrogen-bond donors (Lipinski definition) is 1. The van der Waals surface area contributed by atoms with Gasteiger partial charge in [-0.15, -0.1) is 0 Å². The van der Waals surface area contributed by atoms with Crippen molar-refractivity contribution in [2.45, 2.75) is 43.9 Å². The standard InChI is InChI=1S/C15H19NO3/c1-19-15(18)10-3-2-4-11(7-10)16-12-5-6-13(16)9-14(17)8-12/h2-4,7,12-14,17H,5-6,8-9H2,1H3. The minimum absolute atomic E-state index is 0.169. The summed E-state index contributed by atoms with van der Waals surface area (Å²) in [6.45, 7) is 0. The van der Waals surface area contributed by atoms with Gasteiger partial charge in [-0.2, -0.15) is 0 Å². The molecule has 19 heavy (non-hydrogen) atoms. The number of ether oxygens (including phenoxy) is 1. The predicted molar refractivity (Wildman–Crippen MR) is 72.3 cm³/mol. The van der Waals surface area contributed by atoms with Gasteiger partial charge in [0.25, 0.3) is 0 Å². The number of benzene rings is 1. The molecule has 4 nitrogen and oxygen atoms in total. The van der Waals surface area contributed by atoms with Crippen LogP contribution in [0, 0.1) is 0 Å². The third-order valence-corrected chi connectivity index (χ3v) is 4.27. The van der Waals surface area contributed by atoms with Gasteiger partial charge in [0.1, 0.15) is 0 Å². The summed E-state index contributed by atoms with van der Waals surface area (Å²) in [4.78, 5) is 14.0. The number of piperidine rings is 1. The van der Waals surface area contributed by atoms with Gasteiger partial charge in [-0.05, 0) is 43.9 Å². The van der Waals surface area contributed by atoms with Crippen molar-refractivity contribution < 1.29 is 14.6 Å². The maximum atomic E-state index is 11.6. The first-order chi connectivity index (χ1) is 9.19. The number of fused-ring (bicyclic) bond motifs is 2. The van der Waals surface area contributed by atoms with Crippen molar-refractivity contribution in [1.82, 2.24) is 0 Å². The Kier molecular flexibility index (Phi) is 3.19. The van der Waals surface area contributed by atoms with Crippen molar-refractivity contribution in [2.24, 2.45) is 0 Å². The van der Waals surface area contributed by atoms with Gasteiger partial charge in [0, 0.05) is 17.8 Å². The lowest BCUT2D eigenvalue weighted by Gasteiger charge is -2.39. The Morgan fingerprint density at radius 1 is 1.32 bits per heavy atom. The monoisotopic (exact) mass is 261 g/mol. The molecule has 0 radical (unpaired) electrons. The molecule has 3 rings (SSSR count).